The van der Waals surface area contributed by atoms with Gasteiger partial charge < -0.3 is 24.2 Å². The van der Waals surface area contributed by atoms with Gasteiger partial charge in [-0.05, 0) is 83.7 Å². The number of aliphatic hydroxyl groups excluding tert-OH is 1. The first-order valence-electron chi connectivity index (χ1n) is 23.4. The average molecular weight is 766 g/mol. The molecule has 8 heteroatoms. The summed E-state index contributed by atoms with van der Waals surface area (Å²) in [6, 6.07) is 0. The molecule has 0 saturated carbocycles. The van der Waals surface area contributed by atoms with Crippen LogP contribution in [0.5, 0.6) is 0 Å². The summed E-state index contributed by atoms with van der Waals surface area (Å²) in [5.41, 5.74) is 0. The zero-order valence-electron chi connectivity index (χ0n) is 35.7. The molecule has 0 bridgehead atoms. The van der Waals surface area contributed by atoms with Gasteiger partial charge in [-0.3, -0.25) is 4.79 Å². The minimum absolute atomic E-state index is 0.0112. The van der Waals surface area contributed by atoms with E-state index >= 15 is 0 Å². The van der Waals surface area contributed by atoms with Crippen LogP contribution < -0.4 is 0 Å². The molecule has 318 valence electrons. The molecule has 0 aromatic heterocycles. The molecule has 0 spiro atoms. The largest absolute Gasteiger partial charge is 0.462 e. The highest BCUT2D eigenvalue weighted by molar-refractivity contribution is 5.87. The Morgan fingerprint density at radius 2 is 0.907 bits per heavy atom. The van der Waals surface area contributed by atoms with Crippen molar-refractivity contribution in [2.45, 2.75) is 251 Å². The van der Waals surface area contributed by atoms with E-state index in [0.29, 0.717) is 25.8 Å². The Labute approximate surface area is 333 Å². The number of unbranched alkanes of at least 4 members (excludes halogenated alkanes) is 23. The van der Waals surface area contributed by atoms with E-state index in [4.69, 9.17) is 14.2 Å². The molecule has 0 aromatic rings. The third-order valence-electron chi connectivity index (χ3n) is 11.1. The fourth-order valence-corrected chi connectivity index (χ4v) is 7.61. The maximum atomic E-state index is 12.7. The molecule has 1 aliphatic rings. The molecule has 0 amide bonds. The summed E-state index contributed by atoms with van der Waals surface area (Å²) < 4.78 is 17.0. The van der Waals surface area contributed by atoms with E-state index in [1.165, 1.54) is 109 Å². The summed E-state index contributed by atoms with van der Waals surface area (Å²) in [6.45, 7) is 9.39. The van der Waals surface area contributed by atoms with Gasteiger partial charge in [0, 0.05) is 13.0 Å². The second kappa shape index (κ2) is 36.9. The monoisotopic (exact) mass is 766 g/mol. The second-order valence-corrected chi connectivity index (χ2v) is 16.3. The molecule has 54 heavy (non-hydrogen) atoms. The van der Waals surface area contributed by atoms with Gasteiger partial charge in [-0.25, -0.2) is 9.59 Å². The zero-order valence-corrected chi connectivity index (χ0v) is 35.7. The summed E-state index contributed by atoms with van der Waals surface area (Å²) in [6.07, 6.45) is 34.8. The number of carbonyl (C=O) groups is 3. The summed E-state index contributed by atoms with van der Waals surface area (Å²) in [4.78, 5) is 40.0. The Bertz CT molecular complexity index is 867. The smallest absolute Gasteiger partial charge is 0.348 e. The molecule has 0 radical (unpaired) electrons. The minimum Gasteiger partial charge on any atom is -0.462 e. The van der Waals surface area contributed by atoms with Crippen molar-refractivity contribution < 1.29 is 33.7 Å². The number of carbonyl (C=O) groups excluding carboxylic acids is 3. The lowest BCUT2D eigenvalue weighted by Gasteiger charge is -2.27. The van der Waals surface area contributed by atoms with E-state index in [2.05, 4.69) is 25.7 Å². The second-order valence-electron chi connectivity index (χ2n) is 16.3. The standard InChI is InChI=1S/C46H87NO7/c1-4-7-10-13-16-17-21-27-34-42-45(50)54-43(46(51)53-42)35-28-24-31-38-47(39-40-48)37-30-23-18-22-29-36-44(49)52-41(32-25-19-14-11-8-5-2)33-26-20-15-12-9-6-3/h41-43,48H,4-40H2,1-3H3. The van der Waals surface area contributed by atoms with E-state index in [1.54, 1.807) is 0 Å². The normalized spacial score (nSPS) is 16.0. The van der Waals surface area contributed by atoms with Crippen LogP contribution in [0.3, 0.4) is 0 Å². The van der Waals surface area contributed by atoms with Gasteiger partial charge >= 0.3 is 17.9 Å². The number of hydrogen-bond donors (Lipinski definition) is 1. The van der Waals surface area contributed by atoms with Crippen molar-refractivity contribution >= 4 is 17.9 Å². The molecule has 8 nitrogen and oxygen atoms in total. The van der Waals surface area contributed by atoms with Crippen molar-refractivity contribution in [3.63, 3.8) is 0 Å². The number of nitrogens with zero attached hydrogens (tertiary/aromatic N) is 1. The van der Waals surface area contributed by atoms with Crippen molar-refractivity contribution in [2.75, 3.05) is 26.2 Å². The van der Waals surface area contributed by atoms with Crippen molar-refractivity contribution in [2.24, 2.45) is 0 Å². The first-order valence-corrected chi connectivity index (χ1v) is 23.4. The first-order chi connectivity index (χ1) is 26.4. The van der Waals surface area contributed by atoms with Crippen LogP contribution in [0.4, 0.5) is 0 Å². The maximum absolute atomic E-state index is 12.7. The van der Waals surface area contributed by atoms with Gasteiger partial charge in [0.05, 0.1) is 6.61 Å². The van der Waals surface area contributed by atoms with Crippen molar-refractivity contribution in [3.05, 3.63) is 0 Å². The molecule has 1 rings (SSSR count). The van der Waals surface area contributed by atoms with E-state index in [1.807, 2.05) is 0 Å². The van der Waals surface area contributed by atoms with Gasteiger partial charge in [0.2, 0.25) is 0 Å². The van der Waals surface area contributed by atoms with Gasteiger partial charge in [0.25, 0.3) is 0 Å². The van der Waals surface area contributed by atoms with E-state index in [-0.39, 0.29) is 24.6 Å². The molecular weight excluding hydrogens is 679 g/mol. The predicted molar refractivity (Wildman–Crippen MR) is 223 cm³/mol. The Kier molecular flexibility index (Phi) is 34.4. The third kappa shape index (κ3) is 28.7. The highest BCUT2D eigenvalue weighted by atomic mass is 16.6. The Hall–Kier alpha value is -1.67. The van der Waals surface area contributed by atoms with Crippen LogP contribution in [0.1, 0.15) is 233 Å². The number of hydrogen-bond acceptors (Lipinski definition) is 8. The van der Waals surface area contributed by atoms with Crippen LogP contribution in [-0.2, 0) is 28.6 Å². The fraction of sp³-hybridized carbons (Fsp3) is 0.935. The van der Waals surface area contributed by atoms with Gasteiger partial charge in [0.15, 0.2) is 12.2 Å². The SMILES string of the molecule is CCCCCCCCCCC1OC(=O)C(CCCCCN(CCO)CCCCCCCC(=O)OC(CCCCCCCC)CCCCCCCC)OC1=O. The highest BCUT2D eigenvalue weighted by Gasteiger charge is 2.37. The van der Waals surface area contributed by atoms with Crippen LogP contribution in [0, 0.1) is 0 Å². The summed E-state index contributed by atoms with van der Waals surface area (Å²) >= 11 is 0. The number of cyclic esters (lactones) is 2. The Morgan fingerprint density at radius 3 is 1.35 bits per heavy atom. The molecule has 1 N–H and O–H groups in total. The quantitative estimate of drug-likeness (QED) is 0.0374. The van der Waals surface area contributed by atoms with Crippen LogP contribution in [0.25, 0.3) is 0 Å². The third-order valence-corrected chi connectivity index (χ3v) is 11.1. The molecule has 2 atom stereocenters. The number of aliphatic hydroxyl groups is 1. The fourth-order valence-electron chi connectivity index (χ4n) is 7.61. The van der Waals surface area contributed by atoms with Gasteiger partial charge in [-0.2, -0.15) is 0 Å². The summed E-state index contributed by atoms with van der Waals surface area (Å²) in [5, 5.41) is 9.59. The first kappa shape index (κ1) is 50.3. The average Bonchev–Trinajstić information content (AvgIpc) is 3.16. The molecule has 1 fully saturated rings. The van der Waals surface area contributed by atoms with Crippen LogP contribution in [0.15, 0.2) is 0 Å². The highest BCUT2D eigenvalue weighted by Crippen LogP contribution is 2.22. The van der Waals surface area contributed by atoms with Crippen LogP contribution in [0.2, 0.25) is 0 Å². The molecule has 0 aliphatic carbocycles. The Morgan fingerprint density at radius 1 is 0.537 bits per heavy atom. The van der Waals surface area contributed by atoms with E-state index < -0.39 is 18.2 Å². The van der Waals surface area contributed by atoms with Gasteiger partial charge in [-0.1, -0.05) is 156 Å². The molecule has 1 heterocycles. The molecule has 1 saturated heterocycles. The maximum Gasteiger partial charge on any atom is 0.348 e. The van der Waals surface area contributed by atoms with Gasteiger partial charge in [0.1, 0.15) is 6.10 Å². The minimum atomic E-state index is -0.778. The Balaban J connectivity index is 2.18. The lowest BCUT2D eigenvalue weighted by atomic mass is 10.0. The van der Waals surface area contributed by atoms with Gasteiger partial charge in [-0.15, -0.1) is 0 Å². The summed E-state index contributed by atoms with van der Waals surface area (Å²) in [5.74, 6) is -0.792. The molecular formula is C46H87NO7. The van der Waals surface area contributed by atoms with E-state index in [0.717, 1.165) is 96.6 Å². The lowest BCUT2D eigenvalue weighted by molar-refractivity contribution is -0.196. The zero-order chi connectivity index (χ0) is 39.3. The predicted octanol–water partition coefficient (Wildman–Crippen LogP) is 12.0. The number of rotatable bonds is 40. The number of ether oxygens (including phenoxy) is 3. The molecule has 0 aromatic carbocycles. The topological polar surface area (TPSA) is 102 Å². The van der Waals surface area contributed by atoms with Crippen molar-refractivity contribution in [3.8, 4) is 0 Å². The summed E-state index contributed by atoms with van der Waals surface area (Å²) in [7, 11) is 0. The van der Waals surface area contributed by atoms with Crippen molar-refractivity contribution in [1.29, 1.82) is 0 Å². The van der Waals surface area contributed by atoms with Crippen molar-refractivity contribution in [1.82, 2.24) is 4.90 Å². The van der Waals surface area contributed by atoms with Crippen LogP contribution >= 0.6 is 0 Å². The van der Waals surface area contributed by atoms with Crippen LogP contribution in [-0.4, -0.2) is 72.5 Å². The molecule has 2 unspecified atom stereocenters. The molecule has 1 aliphatic heterocycles. The lowest BCUT2D eigenvalue weighted by Crippen LogP contribution is -2.44. The van der Waals surface area contributed by atoms with E-state index in [9.17, 15) is 19.5 Å². The number of esters is 3.